The van der Waals surface area contributed by atoms with E-state index in [2.05, 4.69) is 25.4 Å². The van der Waals surface area contributed by atoms with Crippen LogP contribution >= 0.6 is 11.6 Å². The van der Waals surface area contributed by atoms with Crippen molar-refractivity contribution in [3.8, 4) is 11.1 Å². The highest BCUT2D eigenvalue weighted by Gasteiger charge is 2.20. The first-order valence-corrected chi connectivity index (χ1v) is 10.3. The lowest BCUT2D eigenvalue weighted by Crippen LogP contribution is -2.20. The number of rotatable bonds is 4. The maximum absolute atomic E-state index is 12.4. The zero-order valence-electron chi connectivity index (χ0n) is 17.8. The van der Waals surface area contributed by atoms with Gasteiger partial charge in [0, 0.05) is 23.7 Å². The van der Waals surface area contributed by atoms with Gasteiger partial charge in [-0.15, -0.1) is 4.98 Å². The van der Waals surface area contributed by atoms with Gasteiger partial charge in [0.2, 0.25) is 0 Å². The van der Waals surface area contributed by atoms with Crippen molar-refractivity contribution in [2.45, 2.75) is 13.8 Å². The van der Waals surface area contributed by atoms with Gasteiger partial charge in [-0.3, -0.25) is 4.79 Å². The van der Waals surface area contributed by atoms with E-state index in [1.54, 1.807) is 19.3 Å². The predicted octanol–water partition coefficient (Wildman–Crippen LogP) is 6.22. The maximum atomic E-state index is 12.4. The number of hydrogen-bond donors (Lipinski definition) is 2. The van der Waals surface area contributed by atoms with Crippen LogP contribution in [-0.4, -0.2) is 22.9 Å². The third-order valence-corrected chi connectivity index (χ3v) is 5.58. The predicted molar refractivity (Wildman–Crippen MR) is 129 cm³/mol. The van der Waals surface area contributed by atoms with Crippen LogP contribution < -0.4 is 10.6 Å². The Morgan fingerprint density at radius 1 is 1.06 bits per heavy atom. The van der Waals surface area contributed by atoms with Crippen LogP contribution in [-0.2, 0) is 0 Å². The van der Waals surface area contributed by atoms with Gasteiger partial charge in [-0.2, -0.15) is 0 Å². The summed E-state index contributed by atoms with van der Waals surface area (Å²) in [5, 5.41) is 7.05. The molecule has 0 aliphatic carbocycles. The van der Waals surface area contributed by atoms with E-state index in [0.717, 1.165) is 33.3 Å². The molecule has 32 heavy (non-hydrogen) atoms. The molecule has 158 valence electrons. The number of nitrogens with one attached hydrogen (secondary N) is 2. The number of aromatic nitrogens is 2. The largest absolute Gasteiger partial charge is 0.361 e. The quantitative estimate of drug-likeness (QED) is 0.369. The van der Waals surface area contributed by atoms with Crippen molar-refractivity contribution in [3.05, 3.63) is 88.0 Å². The van der Waals surface area contributed by atoms with E-state index in [1.807, 2.05) is 56.3 Å². The number of anilines is 2. The Bertz CT molecular complexity index is 1390. The highest BCUT2D eigenvalue weighted by molar-refractivity contribution is 6.38. The number of carbonyl (C=O) groups excluding carboxylic acids is 1. The Balaban J connectivity index is 1.94. The first-order chi connectivity index (χ1) is 15.4. The topological polar surface area (TPSA) is 71.3 Å². The number of pyridine rings is 2. The lowest BCUT2D eigenvalue weighted by Gasteiger charge is -2.17. The van der Waals surface area contributed by atoms with Gasteiger partial charge in [0.05, 0.1) is 16.2 Å². The maximum Gasteiger partial charge on any atom is 0.271 e. The van der Waals surface area contributed by atoms with Crippen molar-refractivity contribution in [2.24, 2.45) is 0 Å². The third kappa shape index (κ3) is 3.98. The van der Waals surface area contributed by atoms with E-state index >= 15 is 0 Å². The van der Waals surface area contributed by atoms with Crippen molar-refractivity contribution >= 4 is 45.6 Å². The lowest BCUT2D eigenvalue weighted by molar-refractivity contribution is 0.0958. The first kappa shape index (κ1) is 21.3. The Kier molecular flexibility index (Phi) is 5.76. The van der Waals surface area contributed by atoms with Crippen molar-refractivity contribution in [1.29, 1.82) is 0 Å². The number of fused-ring (bicyclic) bond motifs is 1. The summed E-state index contributed by atoms with van der Waals surface area (Å²) in [7, 11) is 1.55. The zero-order chi connectivity index (χ0) is 22.8. The summed E-state index contributed by atoms with van der Waals surface area (Å²) in [5.74, 6) is -0.0179. The minimum Gasteiger partial charge on any atom is -0.361 e. The number of nitrogens with zero attached hydrogens (tertiary/aromatic N) is 3. The summed E-state index contributed by atoms with van der Waals surface area (Å²) in [6.45, 7) is 11.1. The van der Waals surface area contributed by atoms with Gasteiger partial charge >= 0.3 is 0 Å². The van der Waals surface area contributed by atoms with Crippen LogP contribution in [0.2, 0.25) is 5.02 Å². The van der Waals surface area contributed by atoms with Crippen LogP contribution in [0.15, 0.2) is 54.7 Å². The van der Waals surface area contributed by atoms with Crippen LogP contribution in [0.1, 0.15) is 21.6 Å². The molecule has 7 heteroatoms. The van der Waals surface area contributed by atoms with Crippen molar-refractivity contribution in [1.82, 2.24) is 15.3 Å². The summed E-state index contributed by atoms with van der Waals surface area (Å²) in [6.07, 6.45) is 1.67. The molecule has 4 rings (SSSR count). The molecule has 1 amide bonds. The van der Waals surface area contributed by atoms with E-state index in [-0.39, 0.29) is 16.6 Å². The average molecular weight is 442 g/mol. The second-order valence-corrected chi connectivity index (χ2v) is 7.80. The molecular weight excluding hydrogens is 422 g/mol. The van der Waals surface area contributed by atoms with E-state index in [9.17, 15) is 4.79 Å². The SMILES string of the molecule is [C-]#[N+]c1ccc(-c2ccc3nc(C(=O)NC)c(Cl)c(Nc4cc(C)ccc4C)c3c2)cn1. The van der Waals surface area contributed by atoms with Gasteiger partial charge in [-0.1, -0.05) is 42.4 Å². The third-order valence-electron chi connectivity index (χ3n) is 5.22. The van der Waals surface area contributed by atoms with E-state index in [1.165, 1.54) is 0 Å². The highest BCUT2D eigenvalue weighted by atomic mass is 35.5. The Hall–Kier alpha value is -3.95. The number of amides is 1. The zero-order valence-corrected chi connectivity index (χ0v) is 18.6. The molecule has 0 aliphatic rings. The fraction of sp³-hybridized carbons (Fsp3) is 0.120. The smallest absolute Gasteiger partial charge is 0.271 e. The molecule has 2 aromatic carbocycles. The van der Waals surface area contributed by atoms with Crippen LogP contribution in [0.5, 0.6) is 0 Å². The minimum absolute atomic E-state index is 0.158. The van der Waals surface area contributed by atoms with Gasteiger partial charge in [0.15, 0.2) is 0 Å². The van der Waals surface area contributed by atoms with Crippen molar-refractivity contribution in [3.63, 3.8) is 0 Å². The molecule has 2 N–H and O–H groups in total. The van der Waals surface area contributed by atoms with Crippen LogP contribution in [0.3, 0.4) is 0 Å². The molecule has 2 aromatic heterocycles. The molecule has 0 saturated carbocycles. The highest BCUT2D eigenvalue weighted by Crippen LogP contribution is 2.38. The molecule has 0 unspecified atom stereocenters. The Morgan fingerprint density at radius 3 is 2.53 bits per heavy atom. The number of hydrogen-bond acceptors (Lipinski definition) is 4. The lowest BCUT2D eigenvalue weighted by atomic mass is 10.0. The van der Waals surface area contributed by atoms with Crippen molar-refractivity contribution < 1.29 is 4.79 Å². The van der Waals surface area contributed by atoms with Crippen LogP contribution in [0, 0.1) is 20.4 Å². The second kappa shape index (κ2) is 8.66. The van der Waals surface area contributed by atoms with E-state index in [0.29, 0.717) is 17.0 Å². The molecular formula is C25H20ClN5O. The Morgan fingerprint density at radius 2 is 1.84 bits per heavy atom. The van der Waals surface area contributed by atoms with Gasteiger partial charge in [-0.25, -0.2) is 4.98 Å². The summed E-state index contributed by atoms with van der Waals surface area (Å²) < 4.78 is 0. The fourth-order valence-corrected chi connectivity index (χ4v) is 3.72. The molecule has 0 saturated heterocycles. The summed E-state index contributed by atoms with van der Waals surface area (Å²) in [5.41, 5.74) is 6.21. The van der Waals surface area contributed by atoms with E-state index in [4.69, 9.17) is 18.2 Å². The normalized spacial score (nSPS) is 10.6. The summed E-state index contributed by atoms with van der Waals surface area (Å²) >= 11 is 6.71. The van der Waals surface area contributed by atoms with Gasteiger partial charge in [0.1, 0.15) is 11.9 Å². The van der Waals surface area contributed by atoms with Crippen LogP contribution in [0.25, 0.3) is 26.9 Å². The molecule has 0 atom stereocenters. The molecule has 0 aliphatic heterocycles. The molecule has 0 spiro atoms. The monoisotopic (exact) mass is 441 g/mol. The molecule has 0 fully saturated rings. The molecule has 6 nitrogen and oxygen atoms in total. The molecule has 0 radical (unpaired) electrons. The standard InChI is InChI=1S/C25H20ClN5O/c1-14-5-6-15(2)20(11-14)31-23-18-12-16(17-8-10-21(27-3)29-13-17)7-9-19(18)30-24(22(23)26)25(32)28-4/h5-13H,1-2,4H3,(H,28,32)(H,30,31). The Labute approximate surface area is 191 Å². The summed E-state index contributed by atoms with van der Waals surface area (Å²) in [4.78, 5) is 24.5. The number of carbonyl (C=O) groups is 1. The van der Waals surface area contributed by atoms with Crippen LogP contribution in [0.4, 0.5) is 17.2 Å². The molecule has 2 heterocycles. The minimum atomic E-state index is -0.357. The van der Waals surface area contributed by atoms with Gasteiger partial charge < -0.3 is 15.5 Å². The first-order valence-electron chi connectivity index (χ1n) is 9.94. The molecule has 0 bridgehead atoms. The second-order valence-electron chi connectivity index (χ2n) is 7.42. The van der Waals surface area contributed by atoms with Gasteiger partial charge in [-0.05, 0) is 54.8 Å². The van der Waals surface area contributed by atoms with Crippen molar-refractivity contribution in [2.75, 3.05) is 12.4 Å². The number of aryl methyl sites for hydroxylation is 2. The van der Waals surface area contributed by atoms with Gasteiger partial charge in [0.25, 0.3) is 11.7 Å². The van der Waals surface area contributed by atoms with E-state index < -0.39 is 0 Å². The number of benzene rings is 2. The fourth-order valence-electron chi connectivity index (χ4n) is 3.44. The average Bonchev–Trinajstić information content (AvgIpc) is 2.82. The number of halogens is 1. The molecule has 4 aromatic rings. The summed E-state index contributed by atoms with van der Waals surface area (Å²) in [6, 6.07) is 15.4.